The summed E-state index contributed by atoms with van der Waals surface area (Å²) in [5.41, 5.74) is 0.901. The zero-order chi connectivity index (χ0) is 25.7. The van der Waals surface area contributed by atoms with Crippen molar-refractivity contribution in [1.82, 2.24) is 25.5 Å². The van der Waals surface area contributed by atoms with Crippen LogP contribution in [0.3, 0.4) is 0 Å². The highest BCUT2D eigenvalue weighted by Crippen LogP contribution is 2.30. The van der Waals surface area contributed by atoms with E-state index in [1.165, 1.54) is 31.3 Å². The SMILES string of the molecule is COc1ccc(-c2nnn(CC(=O)N(CC(=O)NC3CCCC3)c3ccc(F)c(Cl)c3)n2)cc1OC. The van der Waals surface area contributed by atoms with Crippen LogP contribution < -0.4 is 19.7 Å². The topological polar surface area (TPSA) is 111 Å². The van der Waals surface area contributed by atoms with Crippen LogP contribution in [0.15, 0.2) is 36.4 Å². The standard InChI is InChI=1S/C24H26ClFN6O4/c1-35-20-10-7-15(11-21(20)36-2)24-28-30-32(29-24)14-23(34)31(17-8-9-19(26)18(25)12-17)13-22(33)27-16-5-3-4-6-16/h7-12,16H,3-6,13-14H2,1-2H3,(H,27,33). The zero-order valence-electron chi connectivity index (χ0n) is 19.9. The molecule has 1 saturated carbocycles. The lowest BCUT2D eigenvalue weighted by Crippen LogP contribution is -2.45. The van der Waals surface area contributed by atoms with Crippen molar-refractivity contribution >= 4 is 29.1 Å². The molecule has 0 bridgehead atoms. The van der Waals surface area contributed by atoms with E-state index in [2.05, 4.69) is 20.7 Å². The Bertz CT molecular complexity index is 1250. The van der Waals surface area contributed by atoms with E-state index in [9.17, 15) is 14.0 Å². The Morgan fingerprint density at radius 1 is 1.14 bits per heavy atom. The number of ether oxygens (including phenoxy) is 2. The Morgan fingerprint density at radius 2 is 1.89 bits per heavy atom. The Kier molecular flexibility index (Phi) is 7.99. The maximum absolute atomic E-state index is 13.7. The van der Waals surface area contributed by atoms with Crippen LogP contribution in [0.4, 0.5) is 10.1 Å². The monoisotopic (exact) mass is 516 g/mol. The van der Waals surface area contributed by atoms with Gasteiger partial charge in [0.25, 0.3) is 5.91 Å². The number of aromatic nitrogens is 4. The van der Waals surface area contributed by atoms with Crippen molar-refractivity contribution in [2.24, 2.45) is 0 Å². The summed E-state index contributed by atoms with van der Waals surface area (Å²) in [5, 5.41) is 15.1. The van der Waals surface area contributed by atoms with Crippen LogP contribution in [0.5, 0.6) is 11.5 Å². The molecule has 0 saturated heterocycles. The maximum atomic E-state index is 13.7. The number of benzene rings is 2. The number of hydrogen-bond acceptors (Lipinski definition) is 7. The van der Waals surface area contributed by atoms with Gasteiger partial charge in [-0.1, -0.05) is 24.4 Å². The van der Waals surface area contributed by atoms with Gasteiger partial charge in [-0.2, -0.15) is 4.80 Å². The first-order valence-corrected chi connectivity index (χ1v) is 11.8. The van der Waals surface area contributed by atoms with Crippen molar-refractivity contribution < 1.29 is 23.5 Å². The molecular weight excluding hydrogens is 491 g/mol. The normalized spacial score (nSPS) is 13.4. The van der Waals surface area contributed by atoms with Crippen LogP contribution >= 0.6 is 11.6 Å². The molecule has 2 amide bonds. The highest BCUT2D eigenvalue weighted by molar-refractivity contribution is 6.31. The number of halogens is 2. The number of hydrogen-bond donors (Lipinski definition) is 1. The molecule has 10 nitrogen and oxygen atoms in total. The fourth-order valence-corrected chi connectivity index (χ4v) is 4.25. The van der Waals surface area contributed by atoms with E-state index in [-0.39, 0.29) is 41.6 Å². The van der Waals surface area contributed by atoms with E-state index in [0.717, 1.165) is 36.5 Å². The van der Waals surface area contributed by atoms with Crippen molar-refractivity contribution in [3.63, 3.8) is 0 Å². The van der Waals surface area contributed by atoms with Gasteiger partial charge in [0.15, 0.2) is 11.5 Å². The van der Waals surface area contributed by atoms with Gasteiger partial charge in [-0.25, -0.2) is 4.39 Å². The fourth-order valence-electron chi connectivity index (χ4n) is 4.07. The third-order valence-corrected chi connectivity index (χ3v) is 6.20. The molecule has 36 heavy (non-hydrogen) atoms. The van der Waals surface area contributed by atoms with Crippen molar-refractivity contribution in [3.8, 4) is 22.9 Å². The summed E-state index contributed by atoms with van der Waals surface area (Å²) in [6.45, 7) is -0.555. The molecule has 2 aromatic carbocycles. The van der Waals surface area contributed by atoms with E-state index in [4.69, 9.17) is 21.1 Å². The summed E-state index contributed by atoms with van der Waals surface area (Å²) in [6.07, 6.45) is 3.93. The number of methoxy groups -OCH3 is 2. The second kappa shape index (κ2) is 11.3. The molecule has 4 rings (SSSR count). The second-order valence-electron chi connectivity index (χ2n) is 8.34. The Balaban J connectivity index is 1.52. The van der Waals surface area contributed by atoms with Crippen molar-refractivity contribution in [3.05, 3.63) is 47.2 Å². The molecule has 1 N–H and O–H groups in total. The van der Waals surface area contributed by atoms with Gasteiger partial charge in [-0.15, -0.1) is 10.2 Å². The first kappa shape index (κ1) is 25.4. The van der Waals surface area contributed by atoms with Gasteiger partial charge >= 0.3 is 0 Å². The lowest BCUT2D eigenvalue weighted by atomic mass is 10.2. The predicted molar refractivity (Wildman–Crippen MR) is 131 cm³/mol. The highest BCUT2D eigenvalue weighted by Gasteiger charge is 2.24. The molecule has 0 radical (unpaired) electrons. The minimum Gasteiger partial charge on any atom is -0.493 e. The number of carbonyl (C=O) groups is 2. The van der Waals surface area contributed by atoms with E-state index in [0.29, 0.717) is 17.1 Å². The third-order valence-electron chi connectivity index (χ3n) is 5.91. The average Bonchev–Trinajstić information content (AvgIpc) is 3.56. The molecule has 3 aromatic rings. The molecule has 190 valence electrons. The van der Waals surface area contributed by atoms with Crippen LogP contribution in [-0.4, -0.2) is 58.8 Å². The Labute approximate surface area is 212 Å². The molecule has 12 heteroatoms. The summed E-state index contributed by atoms with van der Waals surface area (Å²) in [7, 11) is 3.05. The number of anilines is 1. The lowest BCUT2D eigenvalue weighted by Gasteiger charge is -2.23. The van der Waals surface area contributed by atoms with Gasteiger partial charge in [0.1, 0.15) is 18.9 Å². The zero-order valence-corrected chi connectivity index (χ0v) is 20.7. The number of nitrogens with one attached hydrogen (secondary N) is 1. The second-order valence-corrected chi connectivity index (χ2v) is 8.75. The van der Waals surface area contributed by atoms with Crippen LogP contribution in [-0.2, 0) is 16.1 Å². The minimum absolute atomic E-state index is 0.0901. The number of nitrogens with zero attached hydrogens (tertiary/aromatic N) is 5. The smallest absolute Gasteiger partial charge is 0.251 e. The highest BCUT2D eigenvalue weighted by atomic mass is 35.5. The van der Waals surface area contributed by atoms with Crippen LogP contribution in [0.2, 0.25) is 5.02 Å². The number of carbonyl (C=O) groups excluding carboxylic acids is 2. The van der Waals surface area contributed by atoms with Gasteiger partial charge in [0, 0.05) is 17.3 Å². The van der Waals surface area contributed by atoms with Crippen LogP contribution in [0.25, 0.3) is 11.4 Å². The number of tetrazole rings is 1. The first-order valence-electron chi connectivity index (χ1n) is 11.4. The predicted octanol–water partition coefficient (Wildman–Crippen LogP) is 3.24. The average molecular weight is 517 g/mol. The summed E-state index contributed by atoms with van der Waals surface area (Å²) in [5.74, 6) is -0.105. The van der Waals surface area contributed by atoms with Crippen LogP contribution in [0, 0.1) is 5.82 Å². The van der Waals surface area contributed by atoms with Gasteiger partial charge in [0.2, 0.25) is 11.7 Å². The molecule has 1 aliphatic rings. The summed E-state index contributed by atoms with van der Waals surface area (Å²) < 4.78 is 24.3. The van der Waals surface area contributed by atoms with E-state index in [1.807, 2.05) is 0 Å². The number of rotatable bonds is 9. The quantitative estimate of drug-likeness (QED) is 0.464. The first-order chi connectivity index (χ1) is 17.4. The van der Waals surface area contributed by atoms with E-state index >= 15 is 0 Å². The van der Waals surface area contributed by atoms with Gasteiger partial charge in [-0.3, -0.25) is 9.59 Å². The molecule has 1 aromatic heterocycles. The molecule has 1 heterocycles. The molecule has 1 aliphatic carbocycles. The molecular formula is C24H26ClFN6O4. The maximum Gasteiger partial charge on any atom is 0.251 e. The van der Waals surface area contributed by atoms with Crippen LogP contribution in [0.1, 0.15) is 25.7 Å². The molecule has 0 unspecified atom stereocenters. The summed E-state index contributed by atoms with van der Waals surface area (Å²) in [6, 6.07) is 9.09. The fraction of sp³-hybridized carbons (Fsp3) is 0.375. The van der Waals surface area contributed by atoms with Crippen molar-refractivity contribution in [2.75, 3.05) is 25.7 Å². The van der Waals surface area contributed by atoms with E-state index in [1.54, 1.807) is 18.2 Å². The molecule has 0 atom stereocenters. The molecule has 0 spiro atoms. The van der Waals surface area contributed by atoms with Gasteiger partial charge < -0.3 is 19.7 Å². The van der Waals surface area contributed by atoms with Gasteiger partial charge in [-0.05, 0) is 54.5 Å². The Morgan fingerprint density at radius 3 is 2.58 bits per heavy atom. The molecule has 1 fully saturated rings. The minimum atomic E-state index is -0.624. The third kappa shape index (κ3) is 5.91. The largest absolute Gasteiger partial charge is 0.493 e. The lowest BCUT2D eigenvalue weighted by molar-refractivity contribution is -0.124. The summed E-state index contributed by atoms with van der Waals surface area (Å²) in [4.78, 5) is 28.3. The van der Waals surface area contributed by atoms with Crippen molar-refractivity contribution in [1.29, 1.82) is 0 Å². The molecule has 0 aliphatic heterocycles. The summed E-state index contributed by atoms with van der Waals surface area (Å²) >= 11 is 5.94. The van der Waals surface area contributed by atoms with E-state index < -0.39 is 11.7 Å². The number of amides is 2. The van der Waals surface area contributed by atoms with Crippen molar-refractivity contribution in [2.45, 2.75) is 38.3 Å². The van der Waals surface area contributed by atoms with Gasteiger partial charge in [0.05, 0.1) is 19.2 Å². The Hall–Kier alpha value is -3.73.